The number of ether oxygens (including phenoxy) is 1. The predicted octanol–water partition coefficient (Wildman–Crippen LogP) is 2.81. The maximum absolute atomic E-state index is 11.8. The van der Waals surface area contributed by atoms with Crippen molar-refractivity contribution in [2.45, 2.75) is 13.3 Å². The van der Waals surface area contributed by atoms with Crippen molar-refractivity contribution >= 4 is 17.6 Å². The van der Waals surface area contributed by atoms with E-state index in [1.54, 1.807) is 0 Å². The Labute approximate surface area is 133 Å². The van der Waals surface area contributed by atoms with Crippen LogP contribution in [0.1, 0.15) is 22.3 Å². The van der Waals surface area contributed by atoms with Crippen molar-refractivity contribution in [3.05, 3.63) is 53.6 Å². The van der Waals surface area contributed by atoms with Gasteiger partial charge in [-0.2, -0.15) is 0 Å². The first kappa shape index (κ1) is 16.4. The van der Waals surface area contributed by atoms with Gasteiger partial charge in [-0.3, -0.25) is 4.79 Å². The summed E-state index contributed by atoms with van der Waals surface area (Å²) < 4.78 is 5.44. The van der Waals surface area contributed by atoms with Gasteiger partial charge in [-0.05, 0) is 37.3 Å². The highest BCUT2D eigenvalue weighted by Gasteiger charge is 2.10. The summed E-state index contributed by atoms with van der Waals surface area (Å²) in [4.78, 5) is 22.7. The summed E-state index contributed by atoms with van der Waals surface area (Å²) in [5.74, 6) is -1.04. The second kappa shape index (κ2) is 7.31. The molecular formula is C17H17NO5. The maximum Gasteiger partial charge on any atom is 0.335 e. The van der Waals surface area contributed by atoms with Gasteiger partial charge in [0.05, 0.1) is 24.3 Å². The zero-order valence-corrected chi connectivity index (χ0v) is 12.6. The van der Waals surface area contributed by atoms with Gasteiger partial charge in [-0.1, -0.05) is 17.7 Å². The second-order valence-electron chi connectivity index (χ2n) is 5.00. The molecule has 1 amide bonds. The van der Waals surface area contributed by atoms with Gasteiger partial charge < -0.3 is 20.3 Å². The molecule has 0 saturated heterocycles. The Morgan fingerprint density at radius 2 is 1.83 bits per heavy atom. The Morgan fingerprint density at radius 1 is 1.13 bits per heavy atom. The van der Waals surface area contributed by atoms with Gasteiger partial charge in [0.2, 0.25) is 5.91 Å². The van der Waals surface area contributed by atoms with Crippen LogP contribution in [-0.4, -0.2) is 28.7 Å². The van der Waals surface area contributed by atoms with E-state index in [-0.39, 0.29) is 35.9 Å². The van der Waals surface area contributed by atoms with E-state index in [1.807, 2.05) is 31.2 Å². The number of aromatic carboxylic acids is 1. The lowest BCUT2D eigenvalue weighted by atomic mass is 10.2. The molecule has 0 fully saturated rings. The zero-order valence-electron chi connectivity index (χ0n) is 12.6. The first-order valence-corrected chi connectivity index (χ1v) is 7.01. The Bertz CT molecular complexity index is 709. The van der Waals surface area contributed by atoms with Crippen molar-refractivity contribution in [3.8, 4) is 11.5 Å². The first-order chi connectivity index (χ1) is 11.0. The van der Waals surface area contributed by atoms with Gasteiger partial charge in [-0.25, -0.2) is 4.79 Å². The number of carbonyl (C=O) groups is 2. The molecule has 23 heavy (non-hydrogen) atoms. The molecule has 2 aromatic carbocycles. The fraction of sp³-hybridized carbons (Fsp3) is 0.176. The molecule has 0 aliphatic heterocycles. The summed E-state index contributed by atoms with van der Waals surface area (Å²) >= 11 is 0. The third-order valence-corrected chi connectivity index (χ3v) is 3.14. The van der Waals surface area contributed by atoms with E-state index in [0.717, 1.165) is 5.56 Å². The number of amides is 1. The molecule has 3 N–H and O–H groups in total. The first-order valence-electron chi connectivity index (χ1n) is 7.01. The number of rotatable bonds is 6. The number of carboxylic acids is 1. The highest BCUT2D eigenvalue weighted by Crippen LogP contribution is 2.24. The van der Waals surface area contributed by atoms with Gasteiger partial charge in [0.1, 0.15) is 11.5 Å². The monoisotopic (exact) mass is 315 g/mol. The Hall–Kier alpha value is -3.02. The van der Waals surface area contributed by atoms with Gasteiger partial charge >= 0.3 is 5.97 Å². The molecule has 0 atom stereocenters. The minimum absolute atomic E-state index is 0.0194. The van der Waals surface area contributed by atoms with Crippen LogP contribution in [0.4, 0.5) is 5.69 Å². The minimum atomic E-state index is -1.14. The van der Waals surface area contributed by atoms with Crippen LogP contribution < -0.4 is 10.1 Å². The van der Waals surface area contributed by atoms with Crippen molar-refractivity contribution in [1.29, 1.82) is 0 Å². The number of aromatic hydroxyl groups is 1. The largest absolute Gasteiger partial charge is 0.506 e. The number of hydrogen-bond donors (Lipinski definition) is 3. The van der Waals surface area contributed by atoms with Crippen LogP contribution in [0.2, 0.25) is 0 Å². The normalized spacial score (nSPS) is 10.1. The van der Waals surface area contributed by atoms with Crippen LogP contribution in [0, 0.1) is 6.92 Å². The Morgan fingerprint density at radius 3 is 2.48 bits per heavy atom. The van der Waals surface area contributed by atoms with Gasteiger partial charge in [0.25, 0.3) is 0 Å². The molecule has 0 spiro atoms. The molecule has 0 radical (unpaired) electrons. The topological polar surface area (TPSA) is 95.9 Å². The summed E-state index contributed by atoms with van der Waals surface area (Å²) in [6.45, 7) is 2.14. The van der Waals surface area contributed by atoms with E-state index in [0.29, 0.717) is 5.75 Å². The van der Waals surface area contributed by atoms with Gasteiger partial charge in [0, 0.05) is 0 Å². The number of carbonyl (C=O) groups excluding carboxylic acids is 1. The van der Waals surface area contributed by atoms with Crippen LogP contribution in [0.15, 0.2) is 42.5 Å². The molecule has 0 bridgehead atoms. The van der Waals surface area contributed by atoms with Crippen LogP contribution in [0.3, 0.4) is 0 Å². The highest BCUT2D eigenvalue weighted by molar-refractivity contribution is 5.95. The molecule has 2 aromatic rings. The number of phenols is 1. The quantitative estimate of drug-likeness (QED) is 0.712. The smallest absolute Gasteiger partial charge is 0.335 e. The summed E-state index contributed by atoms with van der Waals surface area (Å²) in [5, 5.41) is 21.0. The predicted molar refractivity (Wildman–Crippen MR) is 85.0 cm³/mol. The number of phenolic OH excluding ortho intramolecular Hbond substituents is 1. The highest BCUT2D eigenvalue weighted by atomic mass is 16.5. The number of hydrogen-bond acceptors (Lipinski definition) is 4. The summed E-state index contributed by atoms with van der Waals surface area (Å²) in [7, 11) is 0. The number of anilines is 1. The molecule has 0 aliphatic rings. The van der Waals surface area contributed by atoms with Gasteiger partial charge in [-0.15, -0.1) is 0 Å². The maximum atomic E-state index is 11.8. The van der Waals surface area contributed by atoms with Crippen LogP contribution in [0.5, 0.6) is 11.5 Å². The molecule has 0 unspecified atom stereocenters. The molecular weight excluding hydrogens is 298 g/mol. The van der Waals surface area contributed by atoms with E-state index in [9.17, 15) is 14.7 Å². The minimum Gasteiger partial charge on any atom is -0.506 e. The van der Waals surface area contributed by atoms with Crippen molar-refractivity contribution in [2.75, 3.05) is 11.9 Å². The average Bonchev–Trinajstić information content (AvgIpc) is 2.51. The number of aryl methyl sites for hydroxylation is 1. The lowest BCUT2D eigenvalue weighted by Crippen LogP contribution is -2.15. The summed E-state index contributed by atoms with van der Waals surface area (Å²) in [5.41, 5.74) is 1.16. The fourth-order valence-electron chi connectivity index (χ4n) is 1.88. The molecule has 0 heterocycles. The third kappa shape index (κ3) is 4.74. The standard InChI is InChI=1S/C17H17NO5/c1-11-2-5-13(6-3-11)23-9-8-16(20)18-14-10-12(17(21)22)4-7-15(14)19/h2-7,10,19H,8-9H2,1H3,(H,18,20)(H,21,22). The molecule has 6 nitrogen and oxygen atoms in total. The van der Waals surface area contributed by atoms with E-state index >= 15 is 0 Å². The average molecular weight is 315 g/mol. The van der Waals surface area contributed by atoms with E-state index < -0.39 is 5.97 Å². The Kier molecular flexibility index (Phi) is 5.19. The zero-order chi connectivity index (χ0) is 16.8. The molecule has 0 saturated carbocycles. The summed E-state index contributed by atoms with van der Waals surface area (Å²) in [6.07, 6.45) is 0.0740. The third-order valence-electron chi connectivity index (χ3n) is 3.14. The van der Waals surface area contributed by atoms with Gasteiger partial charge in [0.15, 0.2) is 0 Å². The van der Waals surface area contributed by atoms with Crippen molar-refractivity contribution in [3.63, 3.8) is 0 Å². The second-order valence-corrected chi connectivity index (χ2v) is 5.00. The number of carboxylic acid groups (broad SMARTS) is 1. The molecule has 0 aliphatic carbocycles. The van der Waals surface area contributed by atoms with Crippen molar-refractivity contribution in [2.24, 2.45) is 0 Å². The number of benzene rings is 2. The molecule has 2 rings (SSSR count). The lowest BCUT2D eigenvalue weighted by Gasteiger charge is -2.09. The molecule has 0 aromatic heterocycles. The number of nitrogens with one attached hydrogen (secondary N) is 1. The fourth-order valence-corrected chi connectivity index (χ4v) is 1.88. The van der Waals surface area contributed by atoms with E-state index in [1.165, 1.54) is 18.2 Å². The van der Waals surface area contributed by atoms with Crippen molar-refractivity contribution < 1.29 is 24.5 Å². The van der Waals surface area contributed by atoms with Crippen molar-refractivity contribution in [1.82, 2.24) is 0 Å². The van der Waals surface area contributed by atoms with Crippen LogP contribution in [-0.2, 0) is 4.79 Å². The van der Waals surface area contributed by atoms with E-state index in [4.69, 9.17) is 9.84 Å². The van der Waals surface area contributed by atoms with E-state index in [2.05, 4.69) is 5.32 Å². The summed E-state index contributed by atoms with van der Waals surface area (Å²) in [6, 6.07) is 11.1. The molecule has 120 valence electrons. The lowest BCUT2D eigenvalue weighted by molar-refractivity contribution is -0.116. The molecule has 6 heteroatoms. The Balaban J connectivity index is 1.88. The SMILES string of the molecule is Cc1ccc(OCCC(=O)Nc2cc(C(=O)O)ccc2O)cc1. The van der Waals surface area contributed by atoms with Crippen LogP contribution in [0.25, 0.3) is 0 Å². The van der Waals surface area contributed by atoms with Crippen LogP contribution >= 0.6 is 0 Å².